The Bertz CT molecular complexity index is 1090. The van der Waals surface area contributed by atoms with Gasteiger partial charge in [0.25, 0.3) is 0 Å². The topological polar surface area (TPSA) is 46.5 Å². The van der Waals surface area contributed by atoms with Gasteiger partial charge in [-0.1, -0.05) is 90.5 Å². The zero-order valence-electron chi connectivity index (χ0n) is 17.1. The van der Waals surface area contributed by atoms with E-state index in [0.717, 1.165) is 22.3 Å². The van der Waals surface area contributed by atoms with Gasteiger partial charge in [-0.2, -0.15) is 0 Å². The molecule has 1 aliphatic carbocycles. The summed E-state index contributed by atoms with van der Waals surface area (Å²) >= 11 is 0. The van der Waals surface area contributed by atoms with Gasteiger partial charge in [0.2, 0.25) is 5.78 Å². The van der Waals surface area contributed by atoms with E-state index < -0.39 is 5.60 Å². The minimum absolute atomic E-state index is 0.171. The van der Waals surface area contributed by atoms with E-state index in [1.807, 2.05) is 55.5 Å². The number of allylic oxidation sites excluding steroid dienone is 1. The monoisotopic (exact) mass is 396 g/mol. The molecule has 0 amide bonds. The Labute approximate surface area is 177 Å². The van der Waals surface area contributed by atoms with Crippen LogP contribution in [0.1, 0.15) is 40.4 Å². The molecule has 0 bridgehead atoms. The lowest BCUT2D eigenvalue weighted by Crippen LogP contribution is -2.32. The first-order valence-electron chi connectivity index (χ1n) is 9.97. The predicted octanol–water partition coefficient (Wildman–Crippen LogP) is 5.51. The molecule has 1 unspecified atom stereocenters. The average molecular weight is 396 g/mol. The van der Waals surface area contributed by atoms with Gasteiger partial charge in [0.1, 0.15) is 5.60 Å². The molecule has 0 saturated carbocycles. The largest absolute Gasteiger partial charge is 0.493 e. The van der Waals surface area contributed by atoms with E-state index >= 15 is 0 Å². The number of carbonyl (C=O) groups is 1. The van der Waals surface area contributed by atoms with Gasteiger partial charge in [0, 0.05) is 12.0 Å². The number of fused-ring (bicyclic) bond motifs is 1. The lowest BCUT2D eigenvalue weighted by atomic mass is 9.77. The van der Waals surface area contributed by atoms with Crippen LogP contribution in [0.5, 0.6) is 0 Å². The molecule has 30 heavy (non-hydrogen) atoms. The highest BCUT2D eigenvalue weighted by molar-refractivity contribution is 6.10. The van der Waals surface area contributed by atoms with Crippen molar-refractivity contribution >= 4 is 11.4 Å². The SMILES string of the molecule is COC1=CC(O)(CC(C)=C(c2ccccc2)c2ccccc2)c2ccccc2C1=O. The van der Waals surface area contributed by atoms with Gasteiger partial charge in [-0.05, 0) is 35.3 Å². The van der Waals surface area contributed by atoms with Crippen molar-refractivity contribution in [2.75, 3.05) is 7.11 Å². The highest BCUT2D eigenvalue weighted by Crippen LogP contribution is 2.40. The maximum Gasteiger partial charge on any atom is 0.227 e. The van der Waals surface area contributed by atoms with Crippen molar-refractivity contribution in [3.05, 3.63) is 125 Å². The van der Waals surface area contributed by atoms with E-state index in [2.05, 4.69) is 24.3 Å². The minimum atomic E-state index is -1.34. The average Bonchev–Trinajstić information content (AvgIpc) is 2.78. The van der Waals surface area contributed by atoms with E-state index in [4.69, 9.17) is 4.74 Å². The standard InChI is InChI=1S/C27H24O3/c1-19(25(20-11-5-3-6-12-20)21-13-7-4-8-14-21)17-27(29)18-24(30-2)26(28)22-15-9-10-16-23(22)27/h3-16,18,29H,17H2,1-2H3. The third-order valence-corrected chi connectivity index (χ3v) is 5.54. The first-order chi connectivity index (χ1) is 14.5. The second-order valence-corrected chi connectivity index (χ2v) is 7.58. The van der Waals surface area contributed by atoms with Crippen molar-refractivity contribution in [2.24, 2.45) is 0 Å². The molecule has 0 aromatic heterocycles. The van der Waals surface area contributed by atoms with Gasteiger partial charge in [0.05, 0.1) is 7.11 Å². The molecule has 150 valence electrons. The Balaban J connectivity index is 1.87. The number of hydrogen-bond acceptors (Lipinski definition) is 3. The smallest absolute Gasteiger partial charge is 0.227 e. The third kappa shape index (κ3) is 3.60. The molecular weight excluding hydrogens is 372 g/mol. The Hall–Kier alpha value is -3.43. The summed E-state index contributed by atoms with van der Waals surface area (Å²) in [6, 6.07) is 27.5. The third-order valence-electron chi connectivity index (χ3n) is 5.54. The Kier molecular flexibility index (Phi) is 5.39. The number of rotatable bonds is 5. The van der Waals surface area contributed by atoms with Gasteiger partial charge in [-0.3, -0.25) is 4.79 Å². The predicted molar refractivity (Wildman–Crippen MR) is 119 cm³/mol. The van der Waals surface area contributed by atoms with Crippen LogP contribution in [0.4, 0.5) is 0 Å². The summed E-state index contributed by atoms with van der Waals surface area (Å²) in [5.41, 5.74) is 4.01. The van der Waals surface area contributed by atoms with E-state index in [-0.39, 0.29) is 11.5 Å². The van der Waals surface area contributed by atoms with Crippen LogP contribution >= 0.6 is 0 Å². The number of carbonyl (C=O) groups excluding carboxylic acids is 1. The molecule has 0 fully saturated rings. The van der Waals surface area contributed by atoms with Gasteiger partial charge in [0.15, 0.2) is 5.76 Å². The van der Waals surface area contributed by atoms with Crippen molar-refractivity contribution in [3.8, 4) is 0 Å². The number of methoxy groups -OCH3 is 1. The summed E-state index contributed by atoms with van der Waals surface area (Å²) < 4.78 is 5.30. The second kappa shape index (κ2) is 8.13. The molecule has 1 N–H and O–H groups in total. The summed E-state index contributed by atoms with van der Waals surface area (Å²) in [7, 11) is 1.46. The number of aliphatic hydroxyl groups is 1. The van der Waals surface area contributed by atoms with Crippen LogP contribution in [0.15, 0.2) is 102 Å². The molecule has 0 aliphatic heterocycles. The van der Waals surface area contributed by atoms with Crippen LogP contribution in [-0.2, 0) is 10.3 Å². The van der Waals surface area contributed by atoms with Crippen LogP contribution in [0.2, 0.25) is 0 Å². The van der Waals surface area contributed by atoms with Crippen LogP contribution in [-0.4, -0.2) is 18.0 Å². The molecule has 0 spiro atoms. The van der Waals surface area contributed by atoms with Gasteiger partial charge in [-0.15, -0.1) is 0 Å². The van der Waals surface area contributed by atoms with Crippen LogP contribution in [0.25, 0.3) is 5.57 Å². The van der Waals surface area contributed by atoms with Crippen LogP contribution < -0.4 is 0 Å². The number of ketones is 1. The summed E-state index contributed by atoms with van der Waals surface area (Å²) in [5, 5.41) is 11.7. The molecule has 0 saturated heterocycles. The minimum Gasteiger partial charge on any atom is -0.493 e. The van der Waals surface area contributed by atoms with Crippen LogP contribution in [0.3, 0.4) is 0 Å². The van der Waals surface area contributed by atoms with Crippen molar-refractivity contribution in [3.63, 3.8) is 0 Å². The highest BCUT2D eigenvalue weighted by atomic mass is 16.5. The van der Waals surface area contributed by atoms with Gasteiger partial charge >= 0.3 is 0 Å². The fourth-order valence-corrected chi connectivity index (χ4v) is 4.21. The van der Waals surface area contributed by atoms with Crippen molar-refractivity contribution < 1.29 is 14.6 Å². The molecule has 0 radical (unpaired) electrons. The van der Waals surface area contributed by atoms with E-state index in [1.165, 1.54) is 7.11 Å². The Morgan fingerprint density at radius 1 is 0.867 bits per heavy atom. The first-order valence-corrected chi connectivity index (χ1v) is 9.97. The molecule has 4 rings (SSSR count). The second-order valence-electron chi connectivity index (χ2n) is 7.58. The van der Waals surface area contributed by atoms with E-state index in [9.17, 15) is 9.90 Å². The van der Waals surface area contributed by atoms with E-state index in [0.29, 0.717) is 17.5 Å². The highest BCUT2D eigenvalue weighted by Gasteiger charge is 2.38. The number of Topliss-reactive ketones (excluding diaryl/α,β-unsaturated/α-hetero) is 1. The fraction of sp³-hybridized carbons (Fsp3) is 0.148. The van der Waals surface area contributed by atoms with Crippen molar-refractivity contribution in [1.29, 1.82) is 0 Å². The maximum absolute atomic E-state index is 12.7. The molecule has 1 aliphatic rings. The maximum atomic E-state index is 12.7. The molecule has 3 nitrogen and oxygen atoms in total. The Morgan fingerprint density at radius 3 is 1.97 bits per heavy atom. The molecular formula is C27H24O3. The van der Waals surface area contributed by atoms with Crippen molar-refractivity contribution in [1.82, 2.24) is 0 Å². The number of hydrogen-bond donors (Lipinski definition) is 1. The van der Waals surface area contributed by atoms with Crippen LogP contribution in [0, 0.1) is 0 Å². The van der Waals surface area contributed by atoms with Gasteiger partial charge < -0.3 is 9.84 Å². The lowest BCUT2D eigenvalue weighted by molar-refractivity contribution is 0.0698. The molecule has 0 heterocycles. The normalized spacial score (nSPS) is 17.7. The van der Waals surface area contributed by atoms with Gasteiger partial charge in [-0.25, -0.2) is 0 Å². The zero-order valence-corrected chi connectivity index (χ0v) is 17.1. The zero-order chi connectivity index (χ0) is 21.1. The summed E-state index contributed by atoms with van der Waals surface area (Å²) in [6.07, 6.45) is 1.89. The van der Waals surface area contributed by atoms with E-state index in [1.54, 1.807) is 18.2 Å². The summed E-state index contributed by atoms with van der Waals surface area (Å²) in [5.74, 6) is -0.0317. The number of benzene rings is 3. The quantitative estimate of drug-likeness (QED) is 0.618. The molecule has 3 aromatic rings. The lowest BCUT2D eigenvalue weighted by Gasteiger charge is -2.32. The fourth-order valence-electron chi connectivity index (χ4n) is 4.21. The number of ether oxygens (including phenoxy) is 1. The molecule has 3 aromatic carbocycles. The molecule has 1 atom stereocenters. The Morgan fingerprint density at radius 2 is 1.40 bits per heavy atom. The molecule has 3 heteroatoms. The first kappa shape index (κ1) is 19.9. The summed E-state index contributed by atoms with van der Waals surface area (Å²) in [6.45, 7) is 2.03. The van der Waals surface area contributed by atoms with Crippen molar-refractivity contribution in [2.45, 2.75) is 18.9 Å². The summed E-state index contributed by atoms with van der Waals surface area (Å²) in [4.78, 5) is 12.7.